The molecule has 1 aliphatic heterocycles. The molecule has 25 heavy (non-hydrogen) atoms. The zero-order valence-corrected chi connectivity index (χ0v) is 15.5. The number of carbonyl (C=O) groups is 1. The summed E-state index contributed by atoms with van der Waals surface area (Å²) in [5.41, 5.74) is 2.80. The van der Waals surface area contributed by atoms with Crippen molar-refractivity contribution < 1.29 is 4.79 Å². The molecule has 1 amide bonds. The van der Waals surface area contributed by atoms with E-state index in [2.05, 4.69) is 20.2 Å². The third kappa shape index (κ3) is 4.02. The van der Waals surface area contributed by atoms with Gasteiger partial charge in [-0.15, -0.1) is 0 Å². The van der Waals surface area contributed by atoms with E-state index in [0.29, 0.717) is 19.0 Å². The van der Waals surface area contributed by atoms with E-state index in [4.69, 9.17) is 11.6 Å². The Bertz CT molecular complexity index is 787. The molecule has 0 bridgehead atoms. The van der Waals surface area contributed by atoms with Crippen LogP contribution >= 0.6 is 11.6 Å². The molecular weight excluding hydrogens is 338 g/mol. The Kier molecular flexibility index (Phi) is 5.08. The maximum absolute atomic E-state index is 11.5. The van der Waals surface area contributed by atoms with Crippen molar-refractivity contribution in [1.82, 2.24) is 14.9 Å². The van der Waals surface area contributed by atoms with Crippen LogP contribution in [0.25, 0.3) is 0 Å². The van der Waals surface area contributed by atoms with Gasteiger partial charge in [-0.2, -0.15) is 4.98 Å². The molecule has 1 aromatic carbocycles. The first-order chi connectivity index (χ1) is 11.9. The second kappa shape index (κ2) is 7.27. The van der Waals surface area contributed by atoms with Crippen molar-refractivity contribution in [3.8, 4) is 0 Å². The maximum Gasteiger partial charge on any atom is 0.227 e. The Morgan fingerprint density at radius 3 is 2.56 bits per heavy atom. The van der Waals surface area contributed by atoms with Gasteiger partial charge in [0.1, 0.15) is 5.82 Å². The van der Waals surface area contributed by atoms with Crippen molar-refractivity contribution in [2.24, 2.45) is 0 Å². The number of nitrogens with one attached hydrogen (secondary N) is 1. The van der Waals surface area contributed by atoms with E-state index in [1.807, 2.05) is 43.0 Å². The predicted molar refractivity (Wildman–Crippen MR) is 101 cm³/mol. The number of anilines is 3. The van der Waals surface area contributed by atoms with Crippen LogP contribution in [0.2, 0.25) is 5.02 Å². The van der Waals surface area contributed by atoms with E-state index in [0.717, 1.165) is 40.9 Å². The molecule has 0 saturated carbocycles. The van der Waals surface area contributed by atoms with Crippen molar-refractivity contribution in [1.29, 1.82) is 0 Å². The fourth-order valence-electron chi connectivity index (χ4n) is 2.86. The van der Waals surface area contributed by atoms with Crippen LogP contribution in [-0.4, -0.2) is 47.0 Å². The van der Waals surface area contributed by atoms with E-state index in [9.17, 15) is 4.79 Å². The number of aryl methyl sites for hydroxylation is 1. The lowest BCUT2D eigenvalue weighted by Gasteiger charge is -2.34. The van der Waals surface area contributed by atoms with Gasteiger partial charge in [0.2, 0.25) is 11.9 Å². The first-order valence-corrected chi connectivity index (χ1v) is 8.70. The summed E-state index contributed by atoms with van der Waals surface area (Å²) in [4.78, 5) is 24.6. The summed E-state index contributed by atoms with van der Waals surface area (Å²) >= 11 is 6.19. The topological polar surface area (TPSA) is 61.4 Å². The highest BCUT2D eigenvalue weighted by Crippen LogP contribution is 2.26. The number of amides is 1. The van der Waals surface area contributed by atoms with Crippen LogP contribution in [0.5, 0.6) is 0 Å². The molecule has 0 spiro atoms. The van der Waals surface area contributed by atoms with Crippen LogP contribution in [0.4, 0.5) is 17.5 Å². The van der Waals surface area contributed by atoms with Gasteiger partial charge in [-0.1, -0.05) is 17.7 Å². The van der Waals surface area contributed by atoms with Gasteiger partial charge in [0, 0.05) is 55.6 Å². The Morgan fingerprint density at radius 2 is 1.88 bits per heavy atom. The first-order valence-electron chi connectivity index (χ1n) is 8.32. The van der Waals surface area contributed by atoms with Crippen LogP contribution < -0.4 is 10.2 Å². The number of rotatable bonds is 3. The van der Waals surface area contributed by atoms with E-state index in [-0.39, 0.29) is 5.91 Å². The molecule has 0 unspecified atom stereocenters. The molecule has 0 aliphatic carbocycles. The number of halogens is 1. The summed E-state index contributed by atoms with van der Waals surface area (Å²) < 4.78 is 0. The van der Waals surface area contributed by atoms with E-state index >= 15 is 0 Å². The summed E-state index contributed by atoms with van der Waals surface area (Å²) in [6.07, 6.45) is 0. The molecule has 0 atom stereocenters. The lowest BCUT2D eigenvalue weighted by Crippen LogP contribution is -2.48. The SMILES string of the molecule is CC(=O)N1CCN(c2nc(C)cc(Nc3cccc(Cl)c3C)n2)CC1. The first kappa shape index (κ1) is 17.5. The fourth-order valence-corrected chi connectivity index (χ4v) is 3.04. The lowest BCUT2D eigenvalue weighted by molar-refractivity contribution is -0.129. The summed E-state index contributed by atoms with van der Waals surface area (Å²) in [5.74, 6) is 1.54. The molecule has 1 saturated heterocycles. The minimum atomic E-state index is 0.114. The highest BCUT2D eigenvalue weighted by atomic mass is 35.5. The van der Waals surface area contributed by atoms with Crippen molar-refractivity contribution in [2.75, 3.05) is 36.4 Å². The zero-order valence-electron chi connectivity index (χ0n) is 14.7. The molecule has 1 N–H and O–H groups in total. The number of piperazine rings is 1. The summed E-state index contributed by atoms with van der Waals surface area (Å²) in [5, 5.41) is 4.05. The normalized spacial score (nSPS) is 14.6. The van der Waals surface area contributed by atoms with Gasteiger partial charge in [-0.25, -0.2) is 4.98 Å². The molecule has 2 aromatic rings. The molecule has 1 fully saturated rings. The average molecular weight is 360 g/mol. The maximum atomic E-state index is 11.5. The van der Waals surface area contributed by atoms with Crippen LogP contribution in [0, 0.1) is 13.8 Å². The minimum absolute atomic E-state index is 0.114. The molecule has 3 rings (SSSR count). The molecule has 1 aliphatic rings. The standard InChI is InChI=1S/C18H22ClN5O/c1-12-11-17(21-16-6-4-5-15(19)13(16)2)22-18(20-12)24-9-7-23(8-10-24)14(3)25/h4-6,11H,7-10H2,1-3H3,(H,20,21,22). The van der Waals surface area contributed by atoms with Gasteiger partial charge in [-0.05, 0) is 31.5 Å². The minimum Gasteiger partial charge on any atom is -0.340 e. The number of aromatic nitrogens is 2. The monoisotopic (exact) mass is 359 g/mol. The molecule has 7 heteroatoms. The van der Waals surface area contributed by atoms with Gasteiger partial charge >= 0.3 is 0 Å². The van der Waals surface area contributed by atoms with Crippen LogP contribution in [0.15, 0.2) is 24.3 Å². The van der Waals surface area contributed by atoms with Gasteiger partial charge in [0.25, 0.3) is 0 Å². The smallest absolute Gasteiger partial charge is 0.227 e. The van der Waals surface area contributed by atoms with Crippen LogP contribution in [0.3, 0.4) is 0 Å². The van der Waals surface area contributed by atoms with Gasteiger partial charge in [0.15, 0.2) is 0 Å². The molecule has 2 heterocycles. The van der Waals surface area contributed by atoms with Crippen molar-refractivity contribution >= 4 is 35.0 Å². The van der Waals surface area contributed by atoms with E-state index in [1.165, 1.54) is 0 Å². The molecule has 0 radical (unpaired) electrons. The highest BCUT2D eigenvalue weighted by molar-refractivity contribution is 6.31. The summed E-state index contributed by atoms with van der Waals surface area (Å²) in [6.45, 7) is 8.39. The van der Waals surface area contributed by atoms with Crippen molar-refractivity contribution in [3.05, 3.63) is 40.5 Å². The van der Waals surface area contributed by atoms with Crippen molar-refractivity contribution in [2.45, 2.75) is 20.8 Å². The molecule has 6 nitrogen and oxygen atoms in total. The number of hydrogen-bond acceptors (Lipinski definition) is 5. The summed E-state index contributed by atoms with van der Waals surface area (Å²) in [6, 6.07) is 7.67. The number of hydrogen-bond donors (Lipinski definition) is 1. The third-order valence-electron chi connectivity index (χ3n) is 4.38. The Hall–Kier alpha value is -2.34. The highest BCUT2D eigenvalue weighted by Gasteiger charge is 2.21. The Balaban J connectivity index is 1.79. The molecule has 132 valence electrons. The number of nitrogens with zero attached hydrogens (tertiary/aromatic N) is 4. The van der Waals surface area contributed by atoms with E-state index < -0.39 is 0 Å². The van der Waals surface area contributed by atoms with Crippen molar-refractivity contribution in [3.63, 3.8) is 0 Å². The van der Waals surface area contributed by atoms with Gasteiger partial charge < -0.3 is 15.1 Å². The second-order valence-corrected chi connectivity index (χ2v) is 6.63. The number of benzene rings is 1. The van der Waals surface area contributed by atoms with Gasteiger partial charge in [0.05, 0.1) is 0 Å². The molecular formula is C18H22ClN5O. The number of carbonyl (C=O) groups excluding carboxylic acids is 1. The predicted octanol–water partition coefficient (Wildman–Crippen LogP) is 3.16. The van der Waals surface area contributed by atoms with Crippen LogP contribution in [-0.2, 0) is 4.79 Å². The van der Waals surface area contributed by atoms with E-state index in [1.54, 1.807) is 6.92 Å². The average Bonchev–Trinajstić information content (AvgIpc) is 2.58. The zero-order chi connectivity index (χ0) is 18.0. The Labute approximate surface area is 152 Å². The fraction of sp³-hybridized carbons (Fsp3) is 0.389. The van der Waals surface area contributed by atoms with Crippen LogP contribution in [0.1, 0.15) is 18.2 Å². The largest absolute Gasteiger partial charge is 0.340 e. The quantitative estimate of drug-likeness (QED) is 0.912. The summed E-state index contributed by atoms with van der Waals surface area (Å²) in [7, 11) is 0. The second-order valence-electron chi connectivity index (χ2n) is 6.23. The third-order valence-corrected chi connectivity index (χ3v) is 4.79. The van der Waals surface area contributed by atoms with Gasteiger partial charge in [-0.3, -0.25) is 4.79 Å². The Morgan fingerprint density at radius 1 is 1.16 bits per heavy atom. The lowest BCUT2D eigenvalue weighted by atomic mass is 10.2. The molecule has 1 aromatic heterocycles.